The molecule has 0 saturated carbocycles. The second kappa shape index (κ2) is 2.56. The molecule has 1 aliphatic heterocycles. The van der Waals surface area contributed by atoms with E-state index in [4.69, 9.17) is 6.42 Å². The van der Waals surface area contributed by atoms with Crippen molar-refractivity contribution in [2.45, 2.75) is 32.1 Å². The summed E-state index contributed by atoms with van der Waals surface area (Å²) in [6.45, 7) is 8.72. The molecule has 0 saturated heterocycles. The first-order chi connectivity index (χ1) is 5.40. The van der Waals surface area contributed by atoms with E-state index < -0.39 is 13.6 Å². The minimum atomic E-state index is -1.35. The summed E-state index contributed by atoms with van der Waals surface area (Å²) in [5.41, 5.74) is -0.454. The first kappa shape index (κ1) is 9.21. The molecule has 0 aromatic heterocycles. The molecule has 0 aromatic rings. The van der Waals surface area contributed by atoms with Crippen LogP contribution in [0.2, 0.25) is 19.6 Å². The molecule has 0 aliphatic carbocycles. The Bertz CT molecular complexity index is 291. The number of rotatable bonds is 1. The summed E-state index contributed by atoms with van der Waals surface area (Å²) in [6, 6.07) is 0. The van der Waals surface area contributed by atoms with Crippen LogP contribution in [0.15, 0.2) is 21.6 Å². The molecule has 2 nitrogen and oxygen atoms in total. The summed E-state index contributed by atoms with van der Waals surface area (Å²) in [4.78, 5) is 0. The van der Waals surface area contributed by atoms with Gasteiger partial charge in [-0.15, -0.1) is 6.42 Å². The van der Waals surface area contributed by atoms with Gasteiger partial charge in [0.1, 0.15) is 0 Å². The van der Waals surface area contributed by atoms with Crippen molar-refractivity contribution in [1.29, 1.82) is 0 Å². The predicted molar refractivity (Wildman–Crippen MR) is 53.5 cm³/mol. The van der Waals surface area contributed by atoms with Crippen LogP contribution in [0.3, 0.4) is 0 Å². The van der Waals surface area contributed by atoms with Crippen LogP contribution in [-0.4, -0.2) is 13.6 Å². The van der Waals surface area contributed by atoms with Crippen molar-refractivity contribution in [2.24, 2.45) is 10.2 Å². The van der Waals surface area contributed by atoms with E-state index in [0.717, 1.165) is 0 Å². The SMILES string of the molecule is C#CC1(C)N=NC=C1[Si](C)(C)C. The zero-order valence-electron chi connectivity index (χ0n) is 8.05. The van der Waals surface area contributed by atoms with Crippen LogP contribution < -0.4 is 0 Å². The van der Waals surface area contributed by atoms with Crippen molar-refractivity contribution in [3.05, 3.63) is 11.4 Å². The maximum atomic E-state index is 5.43. The standard InChI is InChI=1S/C9H14N2Si/c1-6-9(2)8(7-10-11-9)12(3,4)5/h1,7H,2-5H3. The van der Waals surface area contributed by atoms with E-state index in [1.165, 1.54) is 5.20 Å². The van der Waals surface area contributed by atoms with Crippen molar-refractivity contribution in [1.82, 2.24) is 0 Å². The monoisotopic (exact) mass is 178 g/mol. The maximum absolute atomic E-state index is 5.43. The fourth-order valence-electron chi connectivity index (χ4n) is 1.41. The van der Waals surface area contributed by atoms with Gasteiger partial charge in [-0.05, 0) is 12.1 Å². The van der Waals surface area contributed by atoms with Crippen LogP contribution in [0.5, 0.6) is 0 Å². The van der Waals surface area contributed by atoms with Gasteiger partial charge < -0.3 is 0 Å². The van der Waals surface area contributed by atoms with Crippen molar-refractivity contribution >= 4 is 8.07 Å². The van der Waals surface area contributed by atoms with Gasteiger partial charge in [-0.3, -0.25) is 0 Å². The molecule has 1 atom stereocenters. The van der Waals surface area contributed by atoms with Crippen molar-refractivity contribution in [3.63, 3.8) is 0 Å². The molecule has 1 aliphatic rings. The van der Waals surface area contributed by atoms with Crippen molar-refractivity contribution in [3.8, 4) is 12.3 Å². The van der Waals surface area contributed by atoms with Gasteiger partial charge in [0, 0.05) is 6.20 Å². The second-order valence-corrected chi connectivity index (χ2v) is 9.26. The predicted octanol–water partition coefficient (Wildman–Crippen LogP) is 2.61. The van der Waals surface area contributed by atoms with E-state index in [-0.39, 0.29) is 0 Å². The average molecular weight is 178 g/mol. The van der Waals surface area contributed by atoms with Gasteiger partial charge in [-0.25, -0.2) is 0 Å². The molecule has 0 bridgehead atoms. The summed E-state index contributed by atoms with van der Waals surface area (Å²) in [5.74, 6) is 2.70. The van der Waals surface area contributed by atoms with Gasteiger partial charge in [0.15, 0.2) is 5.54 Å². The third kappa shape index (κ3) is 1.35. The van der Waals surface area contributed by atoms with Gasteiger partial charge in [-0.1, -0.05) is 25.6 Å². The van der Waals surface area contributed by atoms with E-state index in [2.05, 4.69) is 35.8 Å². The molecule has 0 amide bonds. The Kier molecular flexibility index (Phi) is 1.97. The minimum Gasteiger partial charge on any atom is -0.165 e. The third-order valence-corrected chi connectivity index (χ3v) is 4.29. The maximum Gasteiger partial charge on any atom is 0.158 e. The lowest BCUT2D eigenvalue weighted by molar-refractivity contribution is 0.730. The Labute approximate surface area is 74.8 Å². The fourth-order valence-corrected chi connectivity index (χ4v) is 3.44. The van der Waals surface area contributed by atoms with E-state index in [9.17, 15) is 0 Å². The molecule has 1 heterocycles. The average Bonchev–Trinajstić information content (AvgIpc) is 2.31. The van der Waals surface area contributed by atoms with E-state index in [1.807, 2.05) is 13.1 Å². The summed E-state index contributed by atoms with van der Waals surface area (Å²) in [5, 5.41) is 9.22. The summed E-state index contributed by atoms with van der Waals surface area (Å²) in [7, 11) is -1.35. The highest BCUT2D eigenvalue weighted by Gasteiger charge is 2.38. The largest absolute Gasteiger partial charge is 0.165 e. The van der Waals surface area contributed by atoms with Gasteiger partial charge in [-0.2, -0.15) is 10.2 Å². The van der Waals surface area contributed by atoms with Crippen LogP contribution in [-0.2, 0) is 0 Å². The molecule has 3 heteroatoms. The normalized spacial score (nSPS) is 28.4. The van der Waals surface area contributed by atoms with E-state index in [0.29, 0.717) is 0 Å². The van der Waals surface area contributed by atoms with Crippen LogP contribution >= 0.6 is 0 Å². The van der Waals surface area contributed by atoms with Crippen LogP contribution in [0.25, 0.3) is 0 Å². The number of hydrogen-bond donors (Lipinski definition) is 0. The lowest BCUT2D eigenvalue weighted by Gasteiger charge is -2.26. The third-order valence-electron chi connectivity index (χ3n) is 2.06. The van der Waals surface area contributed by atoms with Crippen molar-refractivity contribution in [2.75, 3.05) is 0 Å². The minimum absolute atomic E-state index is 0.454. The van der Waals surface area contributed by atoms with Gasteiger partial charge in [0.05, 0.1) is 8.07 Å². The lowest BCUT2D eigenvalue weighted by Crippen LogP contribution is -2.36. The molecule has 0 fully saturated rings. The van der Waals surface area contributed by atoms with Crippen LogP contribution in [0.4, 0.5) is 0 Å². The van der Waals surface area contributed by atoms with Gasteiger partial charge in [0.25, 0.3) is 0 Å². The second-order valence-electron chi connectivity index (χ2n) is 4.22. The molecule has 12 heavy (non-hydrogen) atoms. The summed E-state index contributed by atoms with van der Waals surface area (Å²) >= 11 is 0. The first-order valence-corrected chi connectivity index (χ1v) is 7.51. The zero-order valence-corrected chi connectivity index (χ0v) is 9.05. The molecule has 1 rings (SSSR count). The summed E-state index contributed by atoms with van der Waals surface area (Å²) in [6.07, 6.45) is 7.27. The quantitative estimate of drug-likeness (QED) is 0.435. The Morgan fingerprint density at radius 2 is 2.08 bits per heavy atom. The van der Waals surface area contributed by atoms with Crippen LogP contribution in [0, 0.1) is 12.3 Å². The van der Waals surface area contributed by atoms with Crippen molar-refractivity contribution < 1.29 is 0 Å². The summed E-state index contributed by atoms with van der Waals surface area (Å²) < 4.78 is 0. The van der Waals surface area contributed by atoms with Crippen LogP contribution in [0.1, 0.15) is 6.92 Å². The molecule has 0 radical (unpaired) electrons. The molecular formula is C9H14N2Si. The highest BCUT2D eigenvalue weighted by Crippen LogP contribution is 2.33. The number of hydrogen-bond acceptors (Lipinski definition) is 2. The van der Waals surface area contributed by atoms with E-state index >= 15 is 0 Å². The van der Waals surface area contributed by atoms with Gasteiger partial charge in [0.2, 0.25) is 0 Å². The number of azo groups is 1. The Hall–Kier alpha value is -0.883. The highest BCUT2D eigenvalue weighted by molar-refractivity contribution is 6.83. The van der Waals surface area contributed by atoms with E-state index in [1.54, 1.807) is 0 Å². The fraction of sp³-hybridized carbons (Fsp3) is 0.556. The Morgan fingerprint density at radius 1 is 1.50 bits per heavy atom. The Morgan fingerprint density at radius 3 is 2.42 bits per heavy atom. The zero-order chi connectivity index (χ0) is 9.41. The molecule has 1 unspecified atom stereocenters. The van der Waals surface area contributed by atoms with Gasteiger partial charge >= 0.3 is 0 Å². The number of terminal acetylenes is 1. The smallest absolute Gasteiger partial charge is 0.158 e. The molecular weight excluding hydrogens is 164 g/mol. The lowest BCUT2D eigenvalue weighted by atomic mass is 10.1. The molecule has 0 spiro atoms. The first-order valence-electron chi connectivity index (χ1n) is 4.01. The topological polar surface area (TPSA) is 24.7 Å². The molecule has 0 N–H and O–H groups in total. The number of nitrogens with zero attached hydrogens (tertiary/aromatic N) is 2. The Balaban J connectivity index is 3.06. The highest BCUT2D eigenvalue weighted by atomic mass is 28.3. The molecule has 0 aromatic carbocycles. The molecule has 64 valence electrons.